The van der Waals surface area contributed by atoms with E-state index in [0.29, 0.717) is 5.92 Å². The van der Waals surface area contributed by atoms with Crippen LogP contribution < -0.4 is 4.90 Å². The maximum absolute atomic E-state index is 6.24. The summed E-state index contributed by atoms with van der Waals surface area (Å²) in [5.41, 5.74) is 23.2. The van der Waals surface area contributed by atoms with Crippen LogP contribution in [0, 0.1) is 0 Å². The average Bonchev–Trinajstić information content (AvgIpc) is 3.64. The molecule has 1 aromatic heterocycles. The summed E-state index contributed by atoms with van der Waals surface area (Å²) in [6.45, 7) is 0. The van der Waals surface area contributed by atoms with E-state index in [2.05, 4.69) is 175 Å². The summed E-state index contributed by atoms with van der Waals surface area (Å²) < 4.78 is 6.24. The van der Waals surface area contributed by atoms with E-state index in [0.717, 1.165) is 45.4 Å². The first-order valence-corrected chi connectivity index (χ1v) is 20.3. The molecular weight excluding hydrogens is 691 g/mol. The Kier molecular flexibility index (Phi) is 7.28. The number of hydrogen-bond donors (Lipinski definition) is 0. The van der Waals surface area contributed by atoms with Crippen molar-refractivity contribution < 1.29 is 4.42 Å². The number of fused-ring (bicyclic) bond motifs is 3. The summed E-state index contributed by atoms with van der Waals surface area (Å²) in [5, 5.41) is 2.24. The van der Waals surface area contributed by atoms with Gasteiger partial charge in [-0.15, -0.1) is 0 Å². The van der Waals surface area contributed by atoms with Gasteiger partial charge in [0.25, 0.3) is 0 Å². The first-order chi connectivity index (χ1) is 28.2. The number of anilines is 3. The van der Waals surface area contributed by atoms with Crippen molar-refractivity contribution >= 4 is 44.6 Å². The predicted octanol–water partition coefficient (Wildman–Crippen LogP) is 15.3. The van der Waals surface area contributed by atoms with E-state index >= 15 is 0 Å². The monoisotopic (exact) mass is 729 g/mol. The molecule has 0 amide bonds. The van der Waals surface area contributed by atoms with Crippen molar-refractivity contribution in [2.75, 3.05) is 4.90 Å². The fraction of sp³-hybridized carbons (Fsp3) is 0.0909. The zero-order valence-corrected chi connectivity index (χ0v) is 31.6. The van der Waals surface area contributed by atoms with Gasteiger partial charge >= 0.3 is 0 Å². The van der Waals surface area contributed by atoms with Crippen molar-refractivity contribution in [1.82, 2.24) is 0 Å². The molecule has 1 heterocycles. The maximum atomic E-state index is 6.24. The summed E-state index contributed by atoms with van der Waals surface area (Å²) in [5.74, 6) is 0.425. The van der Waals surface area contributed by atoms with Crippen LogP contribution in [0.15, 0.2) is 192 Å². The number of nitrogens with zero attached hydrogens (tertiary/aromatic N) is 1. The first kappa shape index (κ1) is 32.4. The molecule has 0 aliphatic heterocycles. The third-order valence-corrected chi connectivity index (χ3v) is 12.8. The number of furan rings is 1. The van der Waals surface area contributed by atoms with Crippen molar-refractivity contribution in [2.45, 2.75) is 31.6 Å². The summed E-state index contributed by atoms with van der Waals surface area (Å²) in [4.78, 5) is 2.36. The smallest absolute Gasteiger partial charge is 0.135 e. The minimum atomic E-state index is 0.425. The fourth-order valence-electron chi connectivity index (χ4n) is 10.2. The van der Waals surface area contributed by atoms with Crippen LogP contribution in [-0.4, -0.2) is 0 Å². The van der Waals surface area contributed by atoms with Crippen molar-refractivity contribution in [3.63, 3.8) is 0 Å². The zero-order chi connectivity index (χ0) is 37.5. The lowest BCUT2D eigenvalue weighted by atomic mass is 9.66. The van der Waals surface area contributed by atoms with Gasteiger partial charge in [0.1, 0.15) is 11.2 Å². The summed E-state index contributed by atoms with van der Waals surface area (Å²) in [6.07, 6.45) is 4.70. The molecule has 270 valence electrons. The second-order valence-corrected chi connectivity index (χ2v) is 15.9. The first-order valence-electron chi connectivity index (χ1n) is 20.3. The van der Waals surface area contributed by atoms with Crippen LogP contribution in [-0.2, 0) is 6.42 Å². The van der Waals surface area contributed by atoms with Gasteiger partial charge < -0.3 is 9.32 Å². The lowest BCUT2D eigenvalue weighted by Crippen LogP contribution is -2.18. The molecule has 0 fully saturated rings. The van der Waals surface area contributed by atoms with Crippen LogP contribution in [0.1, 0.15) is 41.9 Å². The highest BCUT2D eigenvalue weighted by atomic mass is 16.3. The molecule has 2 nitrogen and oxygen atoms in total. The molecule has 0 spiro atoms. The third kappa shape index (κ3) is 5.17. The normalized spacial score (nSPS) is 15.2. The van der Waals surface area contributed by atoms with Crippen LogP contribution >= 0.6 is 0 Å². The van der Waals surface area contributed by atoms with E-state index in [4.69, 9.17) is 4.42 Å². The Morgan fingerprint density at radius 2 is 1.11 bits per heavy atom. The van der Waals surface area contributed by atoms with Gasteiger partial charge in [-0.3, -0.25) is 0 Å². The second-order valence-electron chi connectivity index (χ2n) is 15.9. The van der Waals surface area contributed by atoms with E-state index in [1.165, 1.54) is 80.5 Å². The van der Waals surface area contributed by atoms with Gasteiger partial charge in [-0.25, -0.2) is 0 Å². The summed E-state index contributed by atoms with van der Waals surface area (Å²) in [6, 6.07) is 67.0. The summed E-state index contributed by atoms with van der Waals surface area (Å²) >= 11 is 0. The fourth-order valence-corrected chi connectivity index (χ4v) is 10.2. The van der Waals surface area contributed by atoms with E-state index < -0.39 is 0 Å². The number of allylic oxidation sites excluding steroid dienone is 2. The molecule has 4 aliphatic rings. The van der Waals surface area contributed by atoms with Crippen LogP contribution in [0.5, 0.6) is 0 Å². The Labute approximate surface area is 333 Å². The molecule has 4 aliphatic carbocycles. The second kappa shape index (κ2) is 12.8. The molecule has 0 saturated carbocycles. The van der Waals surface area contributed by atoms with E-state index in [-0.39, 0.29) is 0 Å². The van der Waals surface area contributed by atoms with E-state index in [1.54, 1.807) is 11.1 Å². The minimum absolute atomic E-state index is 0.425. The standard InChI is InChI=1S/C55H39NO/c1-2-10-35(11-3-1)36-20-25-41(26-21-36)56(43-29-31-53-50(34-43)46-15-6-7-19-52(46)57-53)42-27-22-37(23-28-42)38-24-30-45-49-18-8-12-39-32-40-13-9-17-48(55(40)51(45)33-38)44-14-4-5-16-47(44)54(39)49/h1-7,9-11,13-17,19-31,33-34,49H,8,12,18,32H2. The zero-order valence-electron chi connectivity index (χ0n) is 31.6. The van der Waals surface area contributed by atoms with Gasteiger partial charge in [-0.05, 0) is 147 Å². The maximum Gasteiger partial charge on any atom is 0.135 e. The Hall–Kier alpha value is -6.90. The molecule has 6 bridgehead atoms. The van der Waals surface area contributed by atoms with Gasteiger partial charge in [-0.1, -0.05) is 133 Å². The number of hydrogen-bond acceptors (Lipinski definition) is 2. The van der Waals surface area contributed by atoms with Crippen molar-refractivity contribution in [1.29, 1.82) is 0 Å². The molecule has 57 heavy (non-hydrogen) atoms. The lowest BCUT2D eigenvalue weighted by molar-refractivity contribution is 0.638. The van der Waals surface area contributed by atoms with Gasteiger partial charge in [-0.2, -0.15) is 0 Å². The van der Waals surface area contributed by atoms with Gasteiger partial charge in [0.05, 0.1) is 0 Å². The number of rotatable bonds is 5. The van der Waals surface area contributed by atoms with Gasteiger partial charge in [0, 0.05) is 33.8 Å². The van der Waals surface area contributed by atoms with E-state index in [9.17, 15) is 0 Å². The third-order valence-electron chi connectivity index (χ3n) is 12.8. The Morgan fingerprint density at radius 1 is 0.456 bits per heavy atom. The van der Waals surface area contributed by atoms with Crippen LogP contribution in [0.4, 0.5) is 17.1 Å². The Balaban J connectivity index is 0.980. The Morgan fingerprint density at radius 3 is 1.93 bits per heavy atom. The molecule has 2 heteroatoms. The van der Waals surface area contributed by atoms with E-state index in [1.807, 2.05) is 12.1 Å². The molecule has 0 radical (unpaired) electrons. The molecule has 8 aromatic carbocycles. The SMILES string of the molecule is c1ccc(-c2ccc(N(c3ccc(-c4ccc5c(c4)-c4c6cccc4-c4ccccc4C4=C(CCCC45)C6)cc3)c3ccc4oc5ccccc5c4c3)cc2)cc1. The molecular formula is C55H39NO. The van der Waals surface area contributed by atoms with Gasteiger partial charge in [0.15, 0.2) is 0 Å². The quantitative estimate of drug-likeness (QED) is 0.175. The molecule has 0 saturated heterocycles. The van der Waals surface area contributed by atoms with Crippen LogP contribution in [0.2, 0.25) is 0 Å². The number of para-hydroxylation sites is 1. The highest BCUT2D eigenvalue weighted by Crippen LogP contribution is 2.56. The van der Waals surface area contributed by atoms with Crippen molar-refractivity contribution in [3.8, 4) is 44.5 Å². The minimum Gasteiger partial charge on any atom is -0.456 e. The average molecular weight is 730 g/mol. The van der Waals surface area contributed by atoms with Crippen molar-refractivity contribution in [2.24, 2.45) is 0 Å². The highest BCUT2D eigenvalue weighted by molar-refractivity contribution is 6.06. The van der Waals surface area contributed by atoms with Crippen LogP contribution in [0.25, 0.3) is 72.0 Å². The molecule has 1 atom stereocenters. The Bertz CT molecular complexity index is 3060. The lowest BCUT2D eigenvalue weighted by Gasteiger charge is -2.38. The molecule has 13 rings (SSSR count). The molecule has 0 N–H and O–H groups in total. The summed E-state index contributed by atoms with van der Waals surface area (Å²) in [7, 11) is 0. The molecule has 1 unspecified atom stereocenters. The van der Waals surface area contributed by atoms with Gasteiger partial charge in [0.2, 0.25) is 0 Å². The highest BCUT2D eigenvalue weighted by Gasteiger charge is 2.35. The molecule has 9 aromatic rings. The number of benzene rings is 8. The largest absolute Gasteiger partial charge is 0.456 e. The topological polar surface area (TPSA) is 16.4 Å². The van der Waals surface area contributed by atoms with Crippen molar-refractivity contribution in [3.05, 3.63) is 204 Å². The predicted molar refractivity (Wildman–Crippen MR) is 237 cm³/mol. The van der Waals surface area contributed by atoms with Crippen LogP contribution in [0.3, 0.4) is 0 Å².